The molecule has 0 amide bonds. The molecule has 0 aromatic carbocycles. The maximum atomic E-state index is 10.7. The summed E-state index contributed by atoms with van der Waals surface area (Å²) in [4.78, 5) is 24.8. The van der Waals surface area contributed by atoms with Gasteiger partial charge in [0.1, 0.15) is 0 Å². The molecule has 0 aliphatic carbocycles. The Labute approximate surface area is 84.1 Å². The number of carboxylic acids is 2. The Kier molecular flexibility index (Phi) is 2.75. The zero-order chi connectivity index (χ0) is 11.6. The fraction of sp³-hybridized carbons (Fsp3) is 0.125. The van der Waals surface area contributed by atoms with E-state index in [1.165, 1.54) is 7.11 Å². The second-order valence-electron chi connectivity index (χ2n) is 2.59. The van der Waals surface area contributed by atoms with Crippen molar-refractivity contribution >= 4 is 17.6 Å². The number of ether oxygens (including phenoxy) is 1. The lowest BCUT2D eigenvalue weighted by Gasteiger charge is -2.06. The second-order valence-corrected chi connectivity index (χ2v) is 2.59. The van der Waals surface area contributed by atoms with E-state index in [-0.39, 0.29) is 11.6 Å². The number of nitrogens with two attached hydrogens (primary N) is 1. The first-order valence-electron chi connectivity index (χ1n) is 3.78. The van der Waals surface area contributed by atoms with Gasteiger partial charge in [0.05, 0.1) is 18.4 Å². The molecule has 1 aromatic heterocycles. The lowest BCUT2D eigenvalue weighted by atomic mass is 10.2. The van der Waals surface area contributed by atoms with Gasteiger partial charge in [-0.3, -0.25) is 0 Å². The number of nitrogens with zero attached hydrogens (tertiary/aromatic N) is 1. The third-order valence-electron chi connectivity index (χ3n) is 1.64. The Morgan fingerprint density at radius 3 is 2.40 bits per heavy atom. The maximum absolute atomic E-state index is 10.7. The number of rotatable bonds is 3. The molecule has 0 radical (unpaired) electrons. The molecule has 15 heavy (non-hydrogen) atoms. The fourth-order valence-corrected chi connectivity index (χ4v) is 1.00. The molecule has 1 heterocycles. The second kappa shape index (κ2) is 3.82. The number of aromatic carboxylic acids is 2. The molecule has 0 atom stereocenters. The van der Waals surface area contributed by atoms with Crippen molar-refractivity contribution in [2.45, 2.75) is 0 Å². The first-order chi connectivity index (χ1) is 6.97. The molecular weight excluding hydrogens is 204 g/mol. The van der Waals surface area contributed by atoms with Gasteiger partial charge in [-0.25, -0.2) is 14.6 Å². The third-order valence-corrected chi connectivity index (χ3v) is 1.64. The summed E-state index contributed by atoms with van der Waals surface area (Å²) in [6, 6.07) is 0.998. The van der Waals surface area contributed by atoms with Crippen LogP contribution in [0, 0.1) is 0 Å². The molecule has 4 N–H and O–H groups in total. The molecule has 0 unspecified atom stereocenters. The van der Waals surface area contributed by atoms with Crippen LogP contribution in [0.25, 0.3) is 0 Å². The van der Waals surface area contributed by atoms with Crippen LogP contribution in [0.4, 0.5) is 5.69 Å². The van der Waals surface area contributed by atoms with Gasteiger partial charge in [0, 0.05) is 0 Å². The lowest BCUT2D eigenvalue weighted by Crippen LogP contribution is -2.12. The van der Waals surface area contributed by atoms with E-state index < -0.39 is 23.2 Å². The van der Waals surface area contributed by atoms with Crippen molar-refractivity contribution in [1.29, 1.82) is 0 Å². The molecule has 0 saturated carbocycles. The van der Waals surface area contributed by atoms with Gasteiger partial charge in [0.25, 0.3) is 0 Å². The Bertz CT molecular complexity index is 429. The Morgan fingerprint density at radius 2 is 2.00 bits per heavy atom. The molecular formula is C8H8N2O5. The topological polar surface area (TPSA) is 123 Å². The number of anilines is 1. The molecule has 0 aliphatic rings. The van der Waals surface area contributed by atoms with Crippen LogP contribution in [-0.4, -0.2) is 34.2 Å². The van der Waals surface area contributed by atoms with E-state index in [4.69, 9.17) is 15.9 Å². The van der Waals surface area contributed by atoms with Gasteiger partial charge in [-0.1, -0.05) is 0 Å². The highest BCUT2D eigenvalue weighted by Crippen LogP contribution is 2.21. The van der Waals surface area contributed by atoms with Gasteiger partial charge < -0.3 is 20.7 Å². The minimum absolute atomic E-state index is 0.0279. The fourth-order valence-electron chi connectivity index (χ4n) is 1.00. The van der Waals surface area contributed by atoms with Crippen molar-refractivity contribution in [3.63, 3.8) is 0 Å². The summed E-state index contributed by atoms with van der Waals surface area (Å²) in [5.74, 6) is -2.97. The van der Waals surface area contributed by atoms with Gasteiger partial charge in [0.15, 0.2) is 5.69 Å². The number of aromatic nitrogens is 1. The number of pyridine rings is 1. The summed E-state index contributed by atoms with van der Waals surface area (Å²) < 4.78 is 4.68. The monoisotopic (exact) mass is 212 g/mol. The molecule has 1 aromatic rings. The van der Waals surface area contributed by atoms with Crippen LogP contribution in [0.5, 0.6) is 5.88 Å². The van der Waals surface area contributed by atoms with Crippen LogP contribution < -0.4 is 10.5 Å². The van der Waals surface area contributed by atoms with E-state index in [0.717, 1.165) is 6.07 Å². The van der Waals surface area contributed by atoms with Crippen LogP contribution >= 0.6 is 0 Å². The maximum Gasteiger partial charge on any atom is 0.355 e. The minimum atomic E-state index is -1.45. The van der Waals surface area contributed by atoms with Gasteiger partial charge in [-0.2, -0.15) is 0 Å². The first-order valence-corrected chi connectivity index (χ1v) is 3.78. The zero-order valence-corrected chi connectivity index (χ0v) is 7.72. The van der Waals surface area contributed by atoms with Crippen molar-refractivity contribution in [3.05, 3.63) is 17.3 Å². The molecule has 1 rings (SSSR count). The van der Waals surface area contributed by atoms with Gasteiger partial charge in [-0.15, -0.1) is 0 Å². The quantitative estimate of drug-likeness (QED) is 0.647. The van der Waals surface area contributed by atoms with E-state index >= 15 is 0 Å². The van der Waals surface area contributed by atoms with Gasteiger partial charge in [-0.05, 0) is 6.07 Å². The summed E-state index contributed by atoms with van der Waals surface area (Å²) >= 11 is 0. The summed E-state index contributed by atoms with van der Waals surface area (Å²) in [7, 11) is 1.25. The van der Waals surface area contributed by atoms with E-state index in [0.29, 0.717) is 0 Å². The highest BCUT2D eigenvalue weighted by molar-refractivity contribution is 6.01. The van der Waals surface area contributed by atoms with Crippen LogP contribution in [0.1, 0.15) is 20.8 Å². The van der Waals surface area contributed by atoms with Crippen molar-refractivity contribution in [2.24, 2.45) is 0 Å². The largest absolute Gasteiger partial charge is 0.480 e. The normalized spacial score (nSPS) is 9.67. The predicted octanol–water partition coefficient (Wildman–Crippen LogP) is 0.0688. The summed E-state index contributed by atoms with van der Waals surface area (Å²) in [6.45, 7) is 0. The summed E-state index contributed by atoms with van der Waals surface area (Å²) in [6.07, 6.45) is 0. The van der Waals surface area contributed by atoms with Crippen molar-refractivity contribution < 1.29 is 24.5 Å². The SMILES string of the molecule is COc1nc(C(=O)O)c(C(=O)O)cc1N. The third kappa shape index (κ3) is 1.96. The van der Waals surface area contributed by atoms with Crippen molar-refractivity contribution in [2.75, 3.05) is 12.8 Å². The average Bonchev–Trinajstić information content (AvgIpc) is 2.16. The highest BCUT2D eigenvalue weighted by atomic mass is 16.5. The smallest absolute Gasteiger partial charge is 0.355 e. The standard InChI is InChI=1S/C8H8N2O5/c1-15-6-4(9)2-3(7(11)12)5(10-6)8(13)14/h2H,9H2,1H3,(H,11,12)(H,13,14). The number of methoxy groups -OCH3 is 1. The molecule has 0 spiro atoms. The van der Waals surface area contributed by atoms with E-state index in [9.17, 15) is 9.59 Å². The highest BCUT2D eigenvalue weighted by Gasteiger charge is 2.20. The number of nitrogen functional groups attached to an aromatic ring is 1. The number of carboxylic acid groups (broad SMARTS) is 2. The van der Waals surface area contributed by atoms with Crippen molar-refractivity contribution in [3.8, 4) is 5.88 Å². The Morgan fingerprint density at radius 1 is 1.40 bits per heavy atom. The molecule has 7 heteroatoms. The number of hydrogen-bond donors (Lipinski definition) is 3. The van der Waals surface area contributed by atoms with E-state index in [1.54, 1.807) is 0 Å². The van der Waals surface area contributed by atoms with Crippen LogP contribution in [0.2, 0.25) is 0 Å². The minimum Gasteiger partial charge on any atom is -0.480 e. The molecule has 80 valence electrons. The molecule has 7 nitrogen and oxygen atoms in total. The molecule has 0 aliphatic heterocycles. The lowest BCUT2D eigenvalue weighted by molar-refractivity contribution is 0.0645. The summed E-state index contributed by atoms with van der Waals surface area (Å²) in [5, 5.41) is 17.4. The molecule has 0 saturated heterocycles. The number of hydrogen-bond acceptors (Lipinski definition) is 5. The molecule has 0 fully saturated rings. The Hall–Kier alpha value is -2.31. The van der Waals surface area contributed by atoms with Crippen molar-refractivity contribution in [1.82, 2.24) is 4.98 Å². The van der Waals surface area contributed by atoms with E-state index in [1.807, 2.05) is 0 Å². The zero-order valence-electron chi connectivity index (χ0n) is 7.72. The number of carbonyl (C=O) groups is 2. The van der Waals surface area contributed by atoms with Crippen LogP contribution in [0.15, 0.2) is 6.07 Å². The van der Waals surface area contributed by atoms with Gasteiger partial charge >= 0.3 is 11.9 Å². The molecule has 0 bridgehead atoms. The average molecular weight is 212 g/mol. The first kappa shape index (κ1) is 10.8. The van der Waals surface area contributed by atoms with E-state index in [2.05, 4.69) is 9.72 Å². The predicted molar refractivity (Wildman–Crippen MR) is 49.1 cm³/mol. The van der Waals surface area contributed by atoms with Crippen LogP contribution in [-0.2, 0) is 0 Å². The van der Waals surface area contributed by atoms with Gasteiger partial charge in [0.2, 0.25) is 5.88 Å². The summed E-state index contributed by atoms with van der Waals surface area (Å²) in [5.41, 5.74) is 4.29. The Balaban J connectivity index is 3.45. The van der Waals surface area contributed by atoms with Crippen LogP contribution in [0.3, 0.4) is 0 Å².